The number of rotatable bonds is 2. The highest BCUT2D eigenvalue weighted by Gasteiger charge is 2.22. The molecule has 0 spiro atoms. The van der Waals surface area contributed by atoms with Crippen LogP contribution < -0.4 is 11.2 Å². The van der Waals surface area contributed by atoms with Gasteiger partial charge in [0.15, 0.2) is 15.9 Å². The van der Waals surface area contributed by atoms with Gasteiger partial charge in [0.1, 0.15) is 6.54 Å². The van der Waals surface area contributed by atoms with Crippen LogP contribution in [-0.4, -0.2) is 42.6 Å². The summed E-state index contributed by atoms with van der Waals surface area (Å²) in [5.74, 6) is -0.0231. The van der Waals surface area contributed by atoms with Crippen molar-refractivity contribution in [1.82, 2.24) is 23.6 Å². The zero-order chi connectivity index (χ0) is 17.4. The molecule has 1 saturated heterocycles. The van der Waals surface area contributed by atoms with E-state index in [1.807, 2.05) is 4.90 Å². The van der Waals surface area contributed by atoms with E-state index in [4.69, 9.17) is 0 Å². The number of aromatic nitrogens is 4. The number of likely N-dealkylation sites (tertiary alicyclic amines) is 1. The number of hydrogen-bond donors (Lipinski definition) is 0. The second-order valence-electron chi connectivity index (χ2n) is 6.14. The summed E-state index contributed by atoms with van der Waals surface area (Å²) >= 11 is 3.31. The van der Waals surface area contributed by atoms with Crippen molar-refractivity contribution in [3.8, 4) is 0 Å². The number of imidazole rings is 1. The van der Waals surface area contributed by atoms with Crippen LogP contribution in [-0.2, 0) is 25.4 Å². The van der Waals surface area contributed by atoms with Crippen LogP contribution in [0.5, 0.6) is 0 Å². The molecular weight excluding hydrogens is 378 g/mol. The Balaban J connectivity index is 2.04. The molecule has 3 heterocycles. The molecule has 0 N–H and O–H groups in total. The minimum atomic E-state index is -0.463. The standard InChI is InChI=1S/C15H20BrN5O3/c1-18-12-11(13(23)19(2)15(18)24)17-14(16)21(12)9-10(22)20-7-5-3-4-6-8-20/h3-9H2,1-2H3. The summed E-state index contributed by atoms with van der Waals surface area (Å²) in [6, 6.07) is 0. The second-order valence-corrected chi connectivity index (χ2v) is 6.85. The normalized spacial score (nSPS) is 15.7. The Morgan fingerprint density at radius 2 is 1.71 bits per heavy atom. The van der Waals surface area contributed by atoms with Crippen LogP contribution >= 0.6 is 15.9 Å². The quantitative estimate of drug-likeness (QED) is 0.694. The van der Waals surface area contributed by atoms with Gasteiger partial charge in [-0.15, -0.1) is 0 Å². The van der Waals surface area contributed by atoms with Gasteiger partial charge in [0.2, 0.25) is 5.91 Å². The molecule has 1 aliphatic heterocycles. The van der Waals surface area contributed by atoms with Crippen molar-refractivity contribution in [1.29, 1.82) is 0 Å². The van der Waals surface area contributed by atoms with Gasteiger partial charge >= 0.3 is 5.69 Å². The fraction of sp³-hybridized carbons (Fsp3) is 0.600. The lowest BCUT2D eigenvalue weighted by Gasteiger charge is -2.21. The average molecular weight is 398 g/mol. The number of carbonyl (C=O) groups excluding carboxylic acids is 1. The Morgan fingerprint density at radius 1 is 1.08 bits per heavy atom. The molecule has 0 atom stereocenters. The van der Waals surface area contributed by atoms with E-state index in [1.165, 1.54) is 11.6 Å². The summed E-state index contributed by atoms with van der Waals surface area (Å²) in [5, 5.41) is 0. The molecule has 2 aromatic heterocycles. The van der Waals surface area contributed by atoms with Crippen LogP contribution in [0.25, 0.3) is 11.2 Å². The van der Waals surface area contributed by atoms with E-state index in [-0.39, 0.29) is 18.0 Å². The first-order valence-corrected chi connectivity index (χ1v) is 8.80. The minimum absolute atomic E-state index is 0.0231. The Kier molecular flexibility index (Phi) is 4.62. The van der Waals surface area contributed by atoms with Crippen LogP contribution in [0.4, 0.5) is 0 Å². The predicted octanol–water partition coefficient (Wildman–Crippen LogP) is 0.599. The van der Waals surface area contributed by atoms with E-state index in [0.29, 0.717) is 10.4 Å². The van der Waals surface area contributed by atoms with Crippen LogP contribution in [0.1, 0.15) is 25.7 Å². The number of fused-ring (bicyclic) bond motifs is 1. The zero-order valence-electron chi connectivity index (χ0n) is 13.8. The van der Waals surface area contributed by atoms with Gasteiger partial charge in [0, 0.05) is 27.2 Å². The summed E-state index contributed by atoms with van der Waals surface area (Å²) in [5.41, 5.74) is -0.369. The first-order valence-electron chi connectivity index (χ1n) is 8.01. The molecule has 3 rings (SSSR count). The van der Waals surface area contributed by atoms with Gasteiger partial charge in [-0.25, -0.2) is 9.78 Å². The van der Waals surface area contributed by atoms with Gasteiger partial charge in [-0.3, -0.25) is 23.3 Å². The number of halogens is 1. The Morgan fingerprint density at radius 3 is 2.33 bits per heavy atom. The molecule has 130 valence electrons. The third-order valence-corrected chi connectivity index (χ3v) is 5.15. The van der Waals surface area contributed by atoms with Gasteiger partial charge in [0.05, 0.1) is 0 Å². The van der Waals surface area contributed by atoms with Gasteiger partial charge in [-0.2, -0.15) is 0 Å². The van der Waals surface area contributed by atoms with E-state index >= 15 is 0 Å². The number of aryl methyl sites for hydroxylation is 1. The van der Waals surface area contributed by atoms with Crippen molar-refractivity contribution >= 4 is 33.0 Å². The highest BCUT2D eigenvalue weighted by molar-refractivity contribution is 9.10. The predicted molar refractivity (Wildman–Crippen MR) is 93.0 cm³/mol. The summed E-state index contributed by atoms with van der Waals surface area (Å²) in [6.45, 7) is 1.56. The van der Waals surface area contributed by atoms with Crippen LogP contribution in [0.15, 0.2) is 14.3 Å². The Labute approximate surface area is 146 Å². The zero-order valence-corrected chi connectivity index (χ0v) is 15.4. The van der Waals surface area contributed by atoms with E-state index in [0.717, 1.165) is 43.3 Å². The molecule has 9 heteroatoms. The molecule has 2 aromatic rings. The van der Waals surface area contributed by atoms with Gasteiger partial charge in [0.25, 0.3) is 5.56 Å². The van der Waals surface area contributed by atoms with Crippen molar-refractivity contribution in [2.75, 3.05) is 13.1 Å². The van der Waals surface area contributed by atoms with E-state index in [2.05, 4.69) is 20.9 Å². The first-order chi connectivity index (χ1) is 11.4. The fourth-order valence-electron chi connectivity index (χ4n) is 3.16. The van der Waals surface area contributed by atoms with E-state index in [9.17, 15) is 14.4 Å². The molecule has 1 aliphatic rings. The SMILES string of the molecule is Cn1c(=O)c2nc(Br)n(CC(=O)N3CCCCCC3)c2n(C)c1=O. The lowest BCUT2D eigenvalue weighted by molar-refractivity contribution is -0.131. The van der Waals surface area contributed by atoms with Crippen LogP contribution in [0, 0.1) is 0 Å². The van der Waals surface area contributed by atoms with Crippen molar-refractivity contribution in [3.63, 3.8) is 0 Å². The Bertz CT molecular complexity index is 902. The van der Waals surface area contributed by atoms with Gasteiger partial charge < -0.3 is 4.90 Å². The number of hydrogen-bond acceptors (Lipinski definition) is 4. The lowest BCUT2D eigenvalue weighted by atomic mass is 10.2. The number of nitrogens with zero attached hydrogens (tertiary/aromatic N) is 5. The van der Waals surface area contributed by atoms with Crippen molar-refractivity contribution < 1.29 is 4.79 Å². The molecule has 0 unspecified atom stereocenters. The smallest absolute Gasteiger partial charge is 0.332 e. The molecular formula is C15H20BrN5O3. The number of amides is 1. The third-order valence-electron chi connectivity index (χ3n) is 4.55. The van der Waals surface area contributed by atoms with Gasteiger partial charge in [-0.05, 0) is 28.8 Å². The lowest BCUT2D eigenvalue weighted by Crippen LogP contribution is -2.38. The summed E-state index contributed by atoms with van der Waals surface area (Å²) in [4.78, 5) is 43.1. The van der Waals surface area contributed by atoms with Crippen LogP contribution in [0.2, 0.25) is 0 Å². The fourth-order valence-corrected chi connectivity index (χ4v) is 3.63. The highest BCUT2D eigenvalue weighted by Crippen LogP contribution is 2.18. The Hall–Kier alpha value is -1.90. The molecule has 0 radical (unpaired) electrons. The maximum absolute atomic E-state index is 12.6. The van der Waals surface area contributed by atoms with Crippen molar-refractivity contribution in [2.45, 2.75) is 32.2 Å². The molecule has 0 aromatic carbocycles. The van der Waals surface area contributed by atoms with Crippen molar-refractivity contribution in [3.05, 3.63) is 25.6 Å². The maximum Gasteiger partial charge on any atom is 0.332 e. The summed E-state index contributed by atoms with van der Waals surface area (Å²) < 4.78 is 4.33. The maximum atomic E-state index is 12.6. The van der Waals surface area contributed by atoms with E-state index < -0.39 is 11.2 Å². The van der Waals surface area contributed by atoms with Crippen LogP contribution in [0.3, 0.4) is 0 Å². The monoisotopic (exact) mass is 397 g/mol. The molecule has 1 amide bonds. The summed E-state index contributed by atoms with van der Waals surface area (Å²) in [6.07, 6.45) is 4.31. The third kappa shape index (κ3) is 2.81. The minimum Gasteiger partial charge on any atom is -0.341 e. The molecule has 1 fully saturated rings. The highest BCUT2D eigenvalue weighted by atomic mass is 79.9. The van der Waals surface area contributed by atoms with Crippen molar-refractivity contribution in [2.24, 2.45) is 14.1 Å². The van der Waals surface area contributed by atoms with Gasteiger partial charge in [-0.1, -0.05) is 12.8 Å². The molecule has 24 heavy (non-hydrogen) atoms. The molecule has 0 aliphatic carbocycles. The first kappa shape index (κ1) is 16.9. The molecule has 0 saturated carbocycles. The van der Waals surface area contributed by atoms with E-state index in [1.54, 1.807) is 11.6 Å². The average Bonchev–Trinajstić information content (AvgIpc) is 2.76. The molecule has 8 nitrogen and oxygen atoms in total. The second kappa shape index (κ2) is 6.54. The topological polar surface area (TPSA) is 82.1 Å². The largest absolute Gasteiger partial charge is 0.341 e. The number of carbonyl (C=O) groups is 1. The summed E-state index contributed by atoms with van der Waals surface area (Å²) in [7, 11) is 2.99. The molecule has 0 bridgehead atoms.